The van der Waals surface area contributed by atoms with Gasteiger partial charge in [0.15, 0.2) is 0 Å². The van der Waals surface area contributed by atoms with E-state index in [0.29, 0.717) is 30.8 Å². The number of carbonyl (C=O) groups is 1. The largest absolute Gasteiger partial charge is 0.492 e. The first-order chi connectivity index (χ1) is 11.6. The molecule has 0 spiro atoms. The Morgan fingerprint density at radius 1 is 1.38 bits per heavy atom. The quantitative estimate of drug-likeness (QED) is 0.768. The van der Waals surface area contributed by atoms with Crippen LogP contribution in [0.15, 0.2) is 24.3 Å². The molecule has 2 fully saturated rings. The second kappa shape index (κ2) is 8.16. The number of amides is 1. The van der Waals surface area contributed by atoms with E-state index in [0.717, 1.165) is 32.0 Å². The number of morpholine rings is 1. The predicted molar refractivity (Wildman–Crippen MR) is 92.6 cm³/mol. The Hall–Kier alpha value is -1.34. The van der Waals surface area contributed by atoms with Gasteiger partial charge in [0, 0.05) is 30.7 Å². The first kappa shape index (κ1) is 17.5. The minimum atomic E-state index is 0.0241. The van der Waals surface area contributed by atoms with Gasteiger partial charge in [-0.3, -0.25) is 14.6 Å². The Morgan fingerprint density at radius 2 is 2.17 bits per heavy atom. The number of hydrogen-bond acceptors (Lipinski definition) is 5. The van der Waals surface area contributed by atoms with Gasteiger partial charge in [-0.05, 0) is 31.3 Å². The highest BCUT2D eigenvalue weighted by atomic mass is 35.5. The van der Waals surface area contributed by atoms with Crippen molar-refractivity contribution in [3.63, 3.8) is 0 Å². The van der Waals surface area contributed by atoms with Gasteiger partial charge in [-0.15, -0.1) is 0 Å². The second-order valence-corrected chi connectivity index (χ2v) is 6.74. The van der Waals surface area contributed by atoms with Crippen molar-refractivity contribution in [1.29, 1.82) is 0 Å². The maximum atomic E-state index is 12.1. The number of nitrogens with one attached hydrogen (secondary N) is 1. The van der Waals surface area contributed by atoms with Crippen LogP contribution in [0.3, 0.4) is 0 Å². The van der Waals surface area contributed by atoms with Gasteiger partial charge in [-0.25, -0.2) is 0 Å². The van der Waals surface area contributed by atoms with Gasteiger partial charge in [0.05, 0.1) is 25.8 Å². The third-order valence-electron chi connectivity index (χ3n) is 4.53. The monoisotopic (exact) mass is 353 g/mol. The highest BCUT2D eigenvalue weighted by molar-refractivity contribution is 6.30. The van der Waals surface area contributed by atoms with Gasteiger partial charge in [-0.1, -0.05) is 11.6 Å². The summed E-state index contributed by atoms with van der Waals surface area (Å²) in [5.41, 5.74) is 0. The van der Waals surface area contributed by atoms with Crippen LogP contribution in [0.4, 0.5) is 0 Å². The molecule has 7 heteroatoms. The zero-order valence-electron chi connectivity index (χ0n) is 13.9. The van der Waals surface area contributed by atoms with E-state index in [2.05, 4.69) is 22.2 Å². The minimum absolute atomic E-state index is 0.0241. The molecule has 2 aliphatic rings. The number of likely N-dealkylation sites (tertiary alicyclic amines) is 1. The summed E-state index contributed by atoms with van der Waals surface area (Å²) in [6.45, 7) is 4.77. The van der Waals surface area contributed by atoms with E-state index < -0.39 is 0 Å². The number of nitrogens with zero attached hydrogens (tertiary/aromatic N) is 2. The van der Waals surface area contributed by atoms with Crippen molar-refractivity contribution in [2.75, 3.05) is 53.0 Å². The summed E-state index contributed by atoms with van der Waals surface area (Å²) in [6.07, 6.45) is 0.227. The van der Waals surface area contributed by atoms with E-state index in [1.54, 1.807) is 12.1 Å². The van der Waals surface area contributed by atoms with Gasteiger partial charge in [0.25, 0.3) is 0 Å². The van der Waals surface area contributed by atoms with Crippen LogP contribution < -0.4 is 10.1 Å². The van der Waals surface area contributed by atoms with Crippen LogP contribution in [0.1, 0.15) is 0 Å². The zero-order valence-corrected chi connectivity index (χ0v) is 14.7. The molecule has 0 saturated carbocycles. The average Bonchev–Trinajstić information content (AvgIpc) is 2.97. The average molecular weight is 354 g/mol. The summed E-state index contributed by atoms with van der Waals surface area (Å²) < 4.78 is 11.4. The van der Waals surface area contributed by atoms with Gasteiger partial charge in [0.1, 0.15) is 12.4 Å². The third kappa shape index (κ3) is 4.60. The molecule has 1 aromatic rings. The van der Waals surface area contributed by atoms with Gasteiger partial charge in [0.2, 0.25) is 5.91 Å². The maximum absolute atomic E-state index is 12.1. The molecule has 0 aromatic heterocycles. The van der Waals surface area contributed by atoms with E-state index >= 15 is 0 Å². The lowest BCUT2D eigenvalue weighted by atomic mass is 10.1. The van der Waals surface area contributed by atoms with Crippen LogP contribution in [0.2, 0.25) is 5.02 Å². The van der Waals surface area contributed by atoms with Crippen molar-refractivity contribution in [2.45, 2.75) is 12.1 Å². The fourth-order valence-corrected chi connectivity index (χ4v) is 3.34. The molecule has 3 rings (SSSR count). The SMILES string of the molecule is CN1CCO[C@H]2CN(CC(=O)NCCOc3ccc(Cl)cc3)C[C@@H]21. The Balaban J connectivity index is 1.33. The second-order valence-electron chi connectivity index (χ2n) is 6.30. The van der Waals surface area contributed by atoms with Crippen molar-refractivity contribution in [3.05, 3.63) is 29.3 Å². The molecule has 0 radical (unpaired) electrons. The first-order valence-corrected chi connectivity index (χ1v) is 8.69. The van der Waals surface area contributed by atoms with Crippen LogP contribution in [-0.4, -0.2) is 80.8 Å². The van der Waals surface area contributed by atoms with Crippen LogP contribution in [0, 0.1) is 0 Å². The lowest BCUT2D eigenvalue weighted by molar-refractivity contribution is -0.122. The highest BCUT2D eigenvalue weighted by Gasteiger charge is 2.38. The molecule has 0 bridgehead atoms. The molecule has 2 heterocycles. The molecule has 1 N–H and O–H groups in total. The number of rotatable bonds is 6. The summed E-state index contributed by atoms with van der Waals surface area (Å²) >= 11 is 5.82. The topological polar surface area (TPSA) is 54.0 Å². The Labute approximate surface area is 147 Å². The number of benzene rings is 1. The molecule has 0 aliphatic carbocycles. The third-order valence-corrected chi connectivity index (χ3v) is 4.78. The van der Waals surface area contributed by atoms with Crippen molar-refractivity contribution < 1.29 is 14.3 Å². The van der Waals surface area contributed by atoms with Crippen molar-refractivity contribution >= 4 is 17.5 Å². The number of fused-ring (bicyclic) bond motifs is 1. The van der Waals surface area contributed by atoms with Crippen LogP contribution in [-0.2, 0) is 9.53 Å². The lowest BCUT2D eigenvalue weighted by Gasteiger charge is -2.33. The van der Waals surface area contributed by atoms with Gasteiger partial charge < -0.3 is 14.8 Å². The lowest BCUT2D eigenvalue weighted by Crippen LogP contribution is -2.48. The van der Waals surface area contributed by atoms with Crippen LogP contribution in [0.5, 0.6) is 5.75 Å². The Morgan fingerprint density at radius 3 is 2.92 bits per heavy atom. The number of carbonyl (C=O) groups excluding carboxylic acids is 1. The molecule has 6 nitrogen and oxygen atoms in total. The fourth-order valence-electron chi connectivity index (χ4n) is 3.21. The zero-order chi connectivity index (χ0) is 16.9. The van der Waals surface area contributed by atoms with E-state index in [4.69, 9.17) is 21.1 Å². The molecule has 132 valence electrons. The van der Waals surface area contributed by atoms with Crippen molar-refractivity contribution in [3.8, 4) is 5.75 Å². The molecule has 24 heavy (non-hydrogen) atoms. The maximum Gasteiger partial charge on any atom is 0.234 e. The van der Waals surface area contributed by atoms with Crippen LogP contribution >= 0.6 is 11.6 Å². The smallest absolute Gasteiger partial charge is 0.234 e. The van der Waals surface area contributed by atoms with E-state index in [1.807, 2.05) is 12.1 Å². The molecular weight excluding hydrogens is 330 g/mol. The fraction of sp³-hybridized carbons (Fsp3) is 0.588. The van der Waals surface area contributed by atoms with E-state index in [9.17, 15) is 4.79 Å². The Bertz CT molecular complexity index is 555. The van der Waals surface area contributed by atoms with Crippen molar-refractivity contribution in [2.24, 2.45) is 0 Å². The molecule has 1 aromatic carbocycles. The summed E-state index contributed by atoms with van der Waals surface area (Å²) in [5.74, 6) is 0.772. The summed E-state index contributed by atoms with van der Waals surface area (Å²) in [4.78, 5) is 16.5. The molecular formula is C17H24ClN3O3. The first-order valence-electron chi connectivity index (χ1n) is 8.31. The predicted octanol–water partition coefficient (Wildman–Crippen LogP) is 0.850. The summed E-state index contributed by atoms with van der Waals surface area (Å²) in [6, 6.07) is 7.59. The summed E-state index contributed by atoms with van der Waals surface area (Å²) in [7, 11) is 2.12. The standard InChI is InChI=1S/C17H24ClN3O3/c1-20-7-9-24-16-11-21(10-15(16)20)12-17(22)19-6-8-23-14-4-2-13(18)3-5-14/h2-5,15-16H,6-12H2,1H3,(H,19,22)/t15-,16-/m0/s1. The normalized spacial score (nSPS) is 24.6. The molecule has 2 aliphatic heterocycles. The molecule has 0 unspecified atom stereocenters. The minimum Gasteiger partial charge on any atom is -0.492 e. The number of halogens is 1. The number of hydrogen-bond donors (Lipinski definition) is 1. The van der Waals surface area contributed by atoms with E-state index in [1.165, 1.54) is 0 Å². The molecule has 2 atom stereocenters. The molecule has 2 saturated heterocycles. The highest BCUT2D eigenvalue weighted by Crippen LogP contribution is 2.21. The van der Waals surface area contributed by atoms with Gasteiger partial charge in [-0.2, -0.15) is 0 Å². The van der Waals surface area contributed by atoms with E-state index in [-0.39, 0.29) is 12.0 Å². The van der Waals surface area contributed by atoms with Crippen molar-refractivity contribution in [1.82, 2.24) is 15.1 Å². The Kier molecular flexibility index (Phi) is 5.94. The summed E-state index contributed by atoms with van der Waals surface area (Å²) in [5, 5.41) is 3.57. The van der Waals surface area contributed by atoms with Crippen LogP contribution in [0.25, 0.3) is 0 Å². The molecule has 1 amide bonds. The number of ether oxygens (including phenoxy) is 2. The number of likely N-dealkylation sites (N-methyl/N-ethyl adjacent to an activating group) is 1. The van der Waals surface area contributed by atoms with Gasteiger partial charge >= 0.3 is 0 Å².